The van der Waals surface area contributed by atoms with E-state index in [0.29, 0.717) is 5.56 Å². The van der Waals surface area contributed by atoms with E-state index in [1.54, 1.807) is 18.2 Å². The fourth-order valence-corrected chi connectivity index (χ4v) is 3.07. The first-order valence-electron chi connectivity index (χ1n) is 6.81. The third-order valence-electron chi connectivity index (χ3n) is 3.13. The summed E-state index contributed by atoms with van der Waals surface area (Å²) in [6, 6.07) is 13.1. The molecule has 2 aromatic rings. The number of benzene rings is 2. The zero-order chi connectivity index (χ0) is 17.7. The summed E-state index contributed by atoms with van der Waals surface area (Å²) in [6.07, 6.45) is 1.18. The van der Waals surface area contributed by atoms with Gasteiger partial charge in [-0.1, -0.05) is 29.8 Å². The minimum Gasteiger partial charge on any atom is -0.435 e. The highest BCUT2D eigenvalue weighted by atomic mass is 32.2. The van der Waals surface area contributed by atoms with Crippen LogP contribution in [0.4, 0.5) is 8.78 Å². The normalized spacial score (nSPS) is 12.0. The van der Waals surface area contributed by atoms with Gasteiger partial charge in [-0.2, -0.15) is 14.0 Å². The highest BCUT2D eigenvalue weighted by Gasteiger charge is 2.20. The number of hydrogen-bond donors (Lipinski definition) is 0. The number of allylic oxidation sites excluding steroid dienone is 1. The molecule has 0 heterocycles. The lowest BCUT2D eigenvalue weighted by Gasteiger charge is -2.05. The number of sulfone groups is 1. The Labute approximate surface area is 138 Å². The Morgan fingerprint density at radius 1 is 1.12 bits per heavy atom. The summed E-state index contributed by atoms with van der Waals surface area (Å²) in [6.45, 7) is -1.12. The standard InChI is InChI=1S/C17H13F2NO3S/c1-12-2-8-15(9-3-12)24(21,22)16(11-20)10-13-4-6-14(7-5-13)23-17(18)19/h2-10,17H,1H3/b16-10+. The lowest BCUT2D eigenvalue weighted by Crippen LogP contribution is -2.03. The van der Waals surface area contributed by atoms with Crippen molar-refractivity contribution in [3.05, 3.63) is 64.6 Å². The lowest BCUT2D eigenvalue weighted by molar-refractivity contribution is -0.0498. The van der Waals surface area contributed by atoms with Crippen LogP contribution in [-0.4, -0.2) is 15.0 Å². The van der Waals surface area contributed by atoms with E-state index in [2.05, 4.69) is 4.74 Å². The van der Waals surface area contributed by atoms with E-state index in [4.69, 9.17) is 0 Å². The molecule has 0 amide bonds. The fourth-order valence-electron chi connectivity index (χ4n) is 1.91. The van der Waals surface area contributed by atoms with E-state index in [1.165, 1.54) is 42.5 Å². The number of aryl methyl sites for hydroxylation is 1. The second kappa shape index (κ2) is 7.23. The first-order chi connectivity index (χ1) is 11.3. The van der Waals surface area contributed by atoms with Crippen LogP contribution in [0.2, 0.25) is 0 Å². The molecule has 0 spiro atoms. The number of rotatable bonds is 5. The predicted molar refractivity (Wildman–Crippen MR) is 85.0 cm³/mol. The van der Waals surface area contributed by atoms with E-state index in [1.807, 2.05) is 6.92 Å². The maximum atomic E-state index is 12.5. The highest BCUT2D eigenvalue weighted by molar-refractivity contribution is 7.95. The smallest absolute Gasteiger partial charge is 0.387 e. The van der Waals surface area contributed by atoms with Crippen LogP contribution >= 0.6 is 0 Å². The lowest BCUT2D eigenvalue weighted by atomic mass is 10.2. The zero-order valence-electron chi connectivity index (χ0n) is 12.6. The Balaban J connectivity index is 2.35. The molecule has 0 aromatic heterocycles. The monoisotopic (exact) mass is 349 g/mol. The third kappa shape index (κ3) is 4.18. The van der Waals surface area contributed by atoms with Crippen LogP contribution in [0, 0.1) is 18.3 Å². The molecule has 0 radical (unpaired) electrons. The number of hydrogen-bond acceptors (Lipinski definition) is 4. The van der Waals surface area contributed by atoms with Gasteiger partial charge in [0.05, 0.1) is 4.90 Å². The van der Waals surface area contributed by atoms with E-state index < -0.39 is 21.4 Å². The van der Waals surface area contributed by atoms with Gasteiger partial charge in [-0.15, -0.1) is 0 Å². The van der Waals surface area contributed by atoms with Crippen molar-refractivity contribution in [2.24, 2.45) is 0 Å². The van der Waals surface area contributed by atoms with Crippen LogP contribution in [0.3, 0.4) is 0 Å². The highest BCUT2D eigenvalue weighted by Crippen LogP contribution is 2.23. The number of nitrogens with zero attached hydrogens (tertiary/aromatic N) is 1. The fraction of sp³-hybridized carbons (Fsp3) is 0.118. The van der Waals surface area contributed by atoms with Gasteiger partial charge in [0, 0.05) is 0 Å². The molecule has 2 aromatic carbocycles. The van der Waals surface area contributed by atoms with Gasteiger partial charge in [0.25, 0.3) is 0 Å². The Morgan fingerprint density at radius 3 is 2.21 bits per heavy atom. The predicted octanol–water partition coefficient (Wildman–Crippen LogP) is 3.93. The topological polar surface area (TPSA) is 67.2 Å². The Morgan fingerprint density at radius 2 is 1.71 bits per heavy atom. The molecule has 4 nitrogen and oxygen atoms in total. The van der Waals surface area contributed by atoms with E-state index in [9.17, 15) is 22.5 Å². The van der Waals surface area contributed by atoms with E-state index in [0.717, 1.165) is 5.56 Å². The van der Waals surface area contributed by atoms with E-state index in [-0.39, 0.29) is 10.6 Å². The van der Waals surface area contributed by atoms with E-state index >= 15 is 0 Å². The van der Waals surface area contributed by atoms with Crippen LogP contribution < -0.4 is 4.74 Å². The summed E-state index contributed by atoms with van der Waals surface area (Å²) in [5.74, 6) is -0.0537. The maximum Gasteiger partial charge on any atom is 0.387 e. The maximum absolute atomic E-state index is 12.5. The summed E-state index contributed by atoms with van der Waals surface area (Å²) in [4.78, 5) is -0.424. The second-order valence-corrected chi connectivity index (χ2v) is 6.80. The summed E-state index contributed by atoms with van der Waals surface area (Å²) in [5, 5.41) is 9.19. The molecule has 0 bridgehead atoms. The van der Waals surface area contributed by atoms with Gasteiger partial charge >= 0.3 is 6.61 Å². The molecule has 24 heavy (non-hydrogen) atoms. The van der Waals surface area contributed by atoms with Crippen molar-refractivity contribution >= 4 is 15.9 Å². The van der Waals surface area contributed by atoms with Gasteiger partial charge in [0.1, 0.15) is 16.7 Å². The largest absolute Gasteiger partial charge is 0.435 e. The Hall–Kier alpha value is -2.72. The first kappa shape index (κ1) is 17.6. The molecule has 0 N–H and O–H groups in total. The van der Waals surface area contributed by atoms with Crippen LogP contribution in [0.1, 0.15) is 11.1 Å². The quantitative estimate of drug-likeness (QED) is 0.767. The minimum absolute atomic E-state index is 0.0125. The summed E-state index contributed by atoms with van der Waals surface area (Å²) >= 11 is 0. The molecule has 0 aliphatic heterocycles. The molecule has 0 unspecified atom stereocenters. The van der Waals surface area contributed by atoms with Crippen molar-refractivity contribution in [2.45, 2.75) is 18.4 Å². The summed E-state index contributed by atoms with van der Waals surface area (Å²) in [5.41, 5.74) is 1.27. The van der Waals surface area contributed by atoms with Gasteiger partial charge in [-0.05, 0) is 42.8 Å². The van der Waals surface area contributed by atoms with Gasteiger partial charge in [-0.3, -0.25) is 0 Å². The SMILES string of the molecule is Cc1ccc(S(=O)(=O)/C(C#N)=C/c2ccc(OC(F)F)cc2)cc1. The van der Waals surface area contributed by atoms with Crippen LogP contribution in [0.25, 0.3) is 6.08 Å². The molecule has 0 fully saturated rings. The average molecular weight is 349 g/mol. The molecule has 0 aliphatic carbocycles. The number of halogens is 2. The van der Waals surface area contributed by atoms with Gasteiger partial charge in [0.2, 0.25) is 9.84 Å². The number of ether oxygens (including phenoxy) is 1. The molecule has 124 valence electrons. The minimum atomic E-state index is -3.95. The van der Waals surface area contributed by atoms with Crippen molar-refractivity contribution in [3.63, 3.8) is 0 Å². The van der Waals surface area contributed by atoms with Gasteiger partial charge < -0.3 is 4.74 Å². The van der Waals surface area contributed by atoms with Crippen LogP contribution in [0.15, 0.2) is 58.3 Å². The van der Waals surface area contributed by atoms with Crippen molar-refractivity contribution < 1.29 is 21.9 Å². The zero-order valence-corrected chi connectivity index (χ0v) is 13.4. The molecule has 0 aliphatic rings. The van der Waals surface area contributed by atoms with Crippen molar-refractivity contribution in [1.29, 1.82) is 5.26 Å². The second-order valence-electron chi connectivity index (χ2n) is 4.88. The average Bonchev–Trinajstić information content (AvgIpc) is 2.54. The molecule has 2 rings (SSSR count). The first-order valence-corrected chi connectivity index (χ1v) is 8.29. The molecule has 7 heteroatoms. The van der Waals surface area contributed by atoms with Crippen molar-refractivity contribution in [3.8, 4) is 11.8 Å². The molecular formula is C17H13F2NO3S. The van der Waals surface area contributed by atoms with Gasteiger partial charge in [-0.25, -0.2) is 8.42 Å². The third-order valence-corrected chi connectivity index (χ3v) is 4.81. The molecule has 0 saturated heterocycles. The number of nitriles is 1. The Bertz CT molecular complexity index is 881. The number of alkyl halides is 2. The molecule has 0 atom stereocenters. The molecular weight excluding hydrogens is 336 g/mol. The van der Waals surface area contributed by atoms with Gasteiger partial charge in [0.15, 0.2) is 0 Å². The molecule has 0 saturated carbocycles. The summed E-state index contributed by atoms with van der Waals surface area (Å²) < 4.78 is 53.4. The van der Waals surface area contributed by atoms with Crippen molar-refractivity contribution in [2.75, 3.05) is 0 Å². The van der Waals surface area contributed by atoms with Crippen molar-refractivity contribution in [1.82, 2.24) is 0 Å². The van der Waals surface area contributed by atoms with Crippen LogP contribution in [-0.2, 0) is 9.84 Å². The van der Waals surface area contributed by atoms with Crippen LogP contribution in [0.5, 0.6) is 5.75 Å². The summed E-state index contributed by atoms with van der Waals surface area (Å²) in [7, 11) is -3.95. The Kier molecular flexibility index (Phi) is 5.31.